The highest BCUT2D eigenvalue weighted by molar-refractivity contribution is 8.01. The zero-order chi connectivity index (χ0) is 9.97. The quantitative estimate of drug-likeness (QED) is 0.847. The van der Waals surface area contributed by atoms with Gasteiger partial charge in [0, 0.05) is 11.9 Å². The van der Waals surface area contributed by atoms with Crippen LogP contribution in [0.4, 0.5) is 5.13 Å². The predicted octanol–water partition coefficient (Wildman–Crippen LogP) is 2.30. The van der Waals surface area contributed by atoms with Crippen LogP contribution in [0, 0.1) is 6.92 Å². The van der Waals surface area contributed by atoms with Gasteiger partial charge in [-0.25, -0.2) is 4.98 Å². The van der Waals surface area contributed by atoms with Gasteiger partial charge in [-0.3, -0.25) is 0 Å². The van der Waals surface area contributed by atoms with Crippen LogP contribution in [0.5, 0.6) is 0 Å². The summed E-state index contributed by atoms with van der Waals surface area (Å²) in [6.07, 6.45) is 2.41. The van der Waals surface area contributed by atoms with Gasteiger partial charge in [0.05, 0.1) is 16.5 Å². The molecule has 5 heteroatoms. The smallest absolute Gasteiger partial charge is 0.181 e. The van der Waals surface area contributed by atoms with E-state index in [1.807, 2.05) is 18.7 Å². The molecule has 0 saturated carbocycles. The van der Waals surface area contributed by atoms with Crippen molar-refractivity contribution >= 4 is 28.2 Å². The lowest BCUT2D eigenvalue weighted by atomic mass is 10.2. The second kappa shape index (κ2) is 4.51. The zero-order valence-corrected chi connectivity index (χ0v) is 9.79. The minimum Gasteiger partial charge on any atom is -0.380 e. The van der Waals surface area contributed by atoms with Gasteiger partial charge in [0.1, 0.15) is 0 Å². The molecule has 0 aromatic carbocycles. The lowest BCUT2D eigenvalue weighted by molar-refractivity contribution is 0.101. The first-order chi connectivity index (χ1) is 6.75. The molecule has 1 saturated heterocycles. The van der Waals surface area contributed by atoms with E-state index >= 15 is 0 Å². The summed E-state index contributed by atoms with van der Waals surface area (Å²) in [6, 6.07) is 0. The molecule has 2 rings (SSSR count). The first kappa shape index (κ1) is 10.3. The first-order valence-electron chi connectivity index (χ1n) is 4.73. The third-order valence-electron chi connectivity index (χ3n) is 2.16. The average Bonchev–Trinajstić information content (AvgIpc) is 2.47. The van der Waals surface area contributed by atoms with Crippen molar-refractivity contribution in [1.29, 1.82) is 0 Å². The molecule has 2 heterocycles. The number of ether oxygens (including phenoxy) is 1. The minimum absolute atomic E-state index is 0.585. The topological polar surface area (TPSA) is 48.1 Å². The van der Waals surface area contributed by atoms with Crippen LogP contribution in [-0.4, -0.2) is 23.4 Å². The molecule has 1 aliphatic heterocycles. The third-order valence-corrected chi connectivity index (χ3v) is 4.70. The maximum Gasteiger partial charge on any atom is 0.181 e. The summed E-state index contributed by atoms with van der Waals surface area (Å²) in [7, 11) is 0. The van der Waals surface area contributed by atoms with Crippen LogP contribution in [-0.2, 0) is 4.74 Å². The second-order valence-corrected chi connectivity index (χ2v) is 5.98. The van der Waals surface area contributed by atoms with E-state index in [1.165, 1.54) is 17.1 Å². The van der Waals surface area contributed by atoms with E-state index in [2.05, 4.69) is 4.98 Å². The number of nitrogens with two attached hydrogens (primary N) is 1. The van der Waals surface area contributed by atoms with Crippen LogP contribution in [0.1, 0.15) is 18.5 Å². The Balaban J connectivity index is 1.98. The van der Waals surface area contributed by atoms with Gasteiger partial charge in [-0.15, -0.1) is 11.8 Å². The van der Waals surface area contributed by atoms with Crippen molar-refractivity contribution in [2.45, 2.75) is 29.2 Å². The number of thiazole rings is 1. The van der Waals surface area contributed by atoms with E-state index in [9.17, 15) is 0 Å². The van der Waals surface area contributed by atoms with Crippen molar-refractivity contribution in [1.82, 2.24) is 4.98 Å². The number of rotatable bonds is 2. The Morgan fingerprint density at radius 1 is 1.64 bits per heavy atom. The molecule has 78 valence electrons. The van der Waals surface area contributed by atoms with Gasteiger partial charge in [-0.1, -0.05) is 11.3 Å². The highest BCUT2D eigenvalue weighted by Crippen LogP contribution is 2.35. The van der Waals surface area contributed by atoms with E-state index < -0.39 is 0 Å². The predicted molar refractivity (Wildman–Crippen MR) is 61.0 cm³/mol. The Morgan fingerprint density at radius 3 is 3.07 bits per heavy atom. The molecule has 0 amide bonds. The van der Waals surface area contributed by atoms with E-state index in [4.69, 9.17) is 10.5 Å². The fraction of sp³-hybridized carbons (Fsp3) is 0.667. The van der Waals surface area contributed by atoms with E-state index in [1.54, 1.807) is 11.3 Å². The number of hydrogen-bond acceptors (Lipinski definition) is 5. The van der Waals surface area contributed by atoms with E-state index in [0.717, 1.165) is 18.9 Å². The molecule has 3 nitrogen and oxygen atoms in total. The third kappa shape index (κ3) is 2.40. The largest absolute Gasteiger partial charge is 0.380 e. The lowest BCUT2D eigenvalue weighted by Gasteiger charge is -2.20. The van der Waals surface area contributed by atoms with Gasteiger partial charge in [0.15, 0.2) is 5.13 Å². The van der Waals surface area contributed by atoms with Crippen LogP contribution < -0.4 is 5.73 Å². The number of nitrogens with zero attached hydrogens (tertiary/aromatic N) is 1. The molecule has 0 bridgehead atoms. The van der Waals surface area contributed by atoms with Gasteiger partial charge >= 0.3 is 0 Å². The van der Waals surface area contributed by atoms with Crippen molar-refractivity contribution < 1.29 is 4.74 Å². The lowest BCUT2D eigenvalue weighted by Crippen LogP contribution is -2.18. The highest BCUT2D eigenvalue weighted by Gasteiger charge is 2.17. The Morgan fingerprint density at radius 2 is 2.50 bits per heavy atom. The Hall–Kier alpha value is -0.260. The first-order valence-corrected chi connectivity index (χ1v) is 6.42. The summed E-state index contributed by atoms with van der Waals surface area (Å²) in [5.41, 5.74) is 6.71. The molecule has 1 aromatic heterocycles. The van der Waals surface area contributed by atoms with Crippen molar-refractivity contribution in [3.05, 3.63) is 5.69 Å². The fourth-order valence-electron chi connectivity index (χ4n) is 1.47. The normalized spacial score (nSPS) is 22.5. The van der Waals surface area contributed by atoms with Crippen molar-refractivity contribution in [3.8, 4) is 0 Å². The maximum atomic E-state index is 5.65. The minimum atomic E-state index is 0.585. The molecular weight excluding hydrogens is 216 g/mol. The Kier molecular flexibility index (Phi) is 3.30. The fourth-order valence-corrected chi connectivity index (χ4v) is 3.86. The summed E-state index contributed by atoms with van der Waals surface area (Å²) >= 11 is 3.45. The van der Waals surface area contributed by atoms with Crippen molar-refractivity contribution in [3.63, 3.8) is 0 Å². The molecular formula is C9H14N2OS2. The molecule has 14 heavy (non-hydrogen) atoms. The van der Waals surface area contributed by atoms with Gasteiger partial charge in [-0.2, -0.15) is 0 Å². The number of thioether (sulfide) groups is 1. The van der Waals surface area contributed by atoms with Gasteiger partial charge in [-0.05, 0) is 19.8 Å². The number of nitrogen functional groups attached to an aromatic ring is 1. The van der Waals surface area contributed by atoms with Crippen LogP contribution in [0.3, 0.4) is 0 Å². The maximum absolute atomic E-state index is 5.65. The number of anilines is 1. The molecule has 2 N–H and O–H groups in total. The number of aryl methyl sites for hydroxylation is 1. The number of aromatic nitrogens is 1. The standard InChI is InChI=1S/C9H14N2OS2/c1-6-8(14-9(10)11-6)13-7-3-2-4-12-5-7/h7H,2-5H2,1H3,(H2,10,11). The Labute approximate surface area is 92.1 Å². The molecule has 1 fully saturated rings. The summed E-state index contributed by atoms with van der Waals surface area (Å²) < 4.78 is 6.68. The van der Waals surface area contributed by atoms with Crippen LogP contribution in [0.2, 0.25) is 0 Å². The van der Waals surface area contributed by atoms with Crippen LogP contribution in [0.25, 0.3) is 0 Å². The molecule has 0 spiro atoms. The van der Waals surface area contributed by atoms with Gasteiger partial charge < -0.3 is 10.5 Å². The summed E-state index contributed by atoms with van der Waals surface area (Å²) in [5, 5.41) is 1.25. The zero-order valence-electron chi connectivity index (χ0n) is 8.16. The van der Waals surface area contributed by atoms with E-state index in [0.29, 0.717) is 10.4 Å². The molecule has 1 atom stereocenters. The Bertz CT molecular complexity index is 308. The molecule has 0 aliphatic carbocycles. The van der Waals surface area contributed by atoms with Crippen LogP contribution in [0.15, 0.2) is 4.21 Å². The SMILES string of the molecule is Cc1nc(N)sc1SC1CCCOC1. The molecule has 1 unspecified atom stereocenters. The molecule has 1 aromatic rings. The van der Waals surface area contributed by atoms with Crippen molar-refractivity contribution in [2.24, 2.45) is 0 Å². The summed E-state index contributed by atoms with van der Waals surface area (Å²) in [5.74, 6) is 0. The summed E-state index contributed by atoms with van der Waals surface area (Å²) in [6.45, 7) is 3.79. The monoisotopic (exact) mass is 230 g/mol. The molecule has 0 radical (unpaired) electrons. The van der Waals surface area contributed by atoms with Crippen molar-refractivity contribution in [2.75, 3.05) is 18.9 Å². The highest BCUT2D eigenvalue weighted by atomic mass is 32.2. The second-order valence-electron chi connectivity index (χ2n) is 3.38. The van der Waals surface area contributed by atoms with Crippen LogP contribution >= 0.6 is 23.1 Å². The average molecular weight is 230 g/mol. The van der Waals surface area contributed by atoms with Gasteiger partial charge in [0.25, 0.3) is 0 Å². The van der Waals surface area contributed by atoms with E-state index in [-0.39, 0.29) is 0 Å². The summed E-state index contributed by atoms with van der Waals surface area (Å²) in [4.78, 5) is 4.21. The molecule has 1 aliphatic rings. The number of hydrogen-bond donors (Lipinski definition) is 1. The van der Waals surface area contributed by atoms with Gasteiger partial charge in [0.2, 0.25) is 0 Å².